The Morgan fingerprint density at radius 3 is 3.05 bits per heavy atom. The van der Waals surface area contributed by atoms with Crippen molar-refractivity contribution in [3.63, 3.8) is 0 Å². The second-order valence-corrected chi connectivity index (χ2v) is 5.78. The van der Waals surface area contributed by atoms with Crippen molar-refractivity contribution in [3.05, 3.63) is 28.2 Å². The van der Waals surface area contributed by atoms with Gasteiger partial charge in [-0.15, -0.1) is 11.6 Å². The quantitative estimate of drug-likeness (QED) is 0.789. The number of nitrogens with zero attached hydrogens (tertiary/aromatic N) is 2. The molecule has 3 nitrogen and oxygen atoms in total. The van der Waals surface area contributed by atoms with E-state index in [4.69, 9.17) is 16.3 Å². The lowest BCUT2D eigenvalue weighted by atomic mass is 10.2. The standard InChI is InChI=1S/C13H13BrClFN2O/c14-9-4-12-11(5-10(9)16)17-13(6-15)18(12)7-8-2-1-3-19-8/h4-5,8H,1-3,6-7H2. The topological polar surface area (TPSA) is 27.1 Å². The van der Waals surface area contributed by atoms with Gasteiger partial charge in [0.1, 0.15) is 11.6 Å². The van der Waals surface area contributed by atoms with Gasteiger partial charge in [-0.1, -0.05) is 0 Å². The number of aromatic nitrogens is 2. The number of hydrogen-bond donors (Lipinski definition) is 0. The molecule has 0 amide bonds. The van der Waals surface area contributed by atoms with Gasteiger partial charge in [-0.2, -0.15) is 0 Å². The molecule has 0 spiro atoms. The molecule has 1 aliphatic rings. The summed E-state index contributed by atoms with van der Waals surface area (Å²) >= 11 is 9.15. The van der Waals surface area contributed by atoms with E-state index in [0.717, 1.165) is 37.3 Å². The van der Waals surface area contributed by atoms with Crippen LogP contribution in [0.15, 0.2) is 16.6 Å². The molecule has 0 aliphatic carbocycles. The van der Waals surface area contributed by atoms with Crippen LogP contribution in [0.4, 0.5) is 4.39 Å². The Bertz CT molecular complexity index is 610. The maximum Gasteiger partial charge on any atom is 0.139 e. The lowest BCUT2D eigenvalue weighted by molar-refractivity contribution is 0.0974. The molecular weight excluding hydrogens is 335 g/mol. The SMILES string of the molecule is Fc1cc2nc(CCl)n(CC3CCCO3)c2cc1Br. The number of ether oxygens (including phenoxy) is 1. The van der Waals surface area contributed by atoms with Crippen molar-refractivity contribution in [2.24, 2.45) is 0 Å². The number of rotatable bonds is 3. The zero-order valence-corrected chi connectivity index (χ0v) is 12.5. The van der Waals surface area contributed by atoms with Gasteiger partial charge in [0.2, 0.25) is 0 Å². The molecule has 2 heterocycles. The van der Waals surface area contributed by atoms with Crippen LogP contribution < -0.4 is 0 Å². The fraction of sp³-hybridized carbons (Fsp3) is 0.462. The molecule has 1 unspecified atom stereocenters. The smallest absolute Gasteiger partial charge is 0.139 e. The highest BCUT2D eigenvalue weighted by molar-refractivity contribution is 9.10. The first-order valence-electron chi connectivity index (χ1n) is 6.21. The highest BCUT2D eigenvalue weighted by Crippen LogP contribution is 2.26. The summed E-state index contributed by atoms with van der Waals surface area (Å²) < 4.78 is 21.7. The highest BCUT2D eigenvalue weighted by atomic mass is 79.9. The van der Waals surface area contributed by atoms with Crippen LogP contribution in [0.2, 0.25) is 0 Å². The Labute approximate surface area is 123 Å². The fourth-order valence-corrected chi connectivity index (χ4v) is 3.00. The molecule has 0 bridgehead atoms. The molecular formula is C13H13BrClFN2O. The van der Waals surface area contributed by atoms with E-state index in [2.05, 4.69) is 20.9 Å². The summed E-state index contributed by atoms with van der Waals surface area (Å²) in [4.78, 5) is 4.39. The Hall–Kier alpha value is -0.650. The monoisotopic (exact) mass is 346 g/mol. The van der Waals surface area contributed by atoms with E-state index in [9.17, 15) is 4.39 Å². The van der Waals surface area contributed by atoms with E-state index in [1.54, 1.807) is 6.07 Å². The molecule has 1 saturated heterocycles. The zero-order valence-electron chi connectivity index (χ0n) is 10.2. The van der Waals surface area contributed by atoms with Gasteiger partial charge in [0, 0.05) is 12.7 Å². The molecule has 19 heavy (non-hydrogen) atoms. The number of alkyl halides is 1. The lowest BCUT2D eigenvalue weighted by Gasteiger charge is -2.13. The van der Waals surface area contributed by atoms with Gasteiger partial charge in [-0.05, 0) is 34.8 Å². The van der Waals surface area contributed by atoms with Gasteiger partial charge in [-0.3, -0.25) is 0 Å². The Balaban J connectivity index is 2.06. The molecule has 1 fully saturated rings. The second kappa shape index (κ2) is 5.38. The summed E-state index contributed by atoms with van der Waals surface area (Å²) in [6.07, 6.45) is 2.33. The predicted octanol–water partition coefficient (Wildman–Crippen LogP) is 3.86. The molecule has 3 rings (SSSR count). The lowest BCUT2D eigenvalue weighted by Crippen LogP contribution is -2.16. The van der Waals surface area contributed by atoms with Crippen molar-refractivity contribution < 1.29 is 9.13 Å². The van der Waals surface area contributed by atoms with Gasteiger partial charge in [0.05, 0.1) is 34.0 Å². The van der Waals surface area contributed by atoms with E-state index in [1.807, 2.05) is 4.57 Å². The summed E-state index contributed by atoms with van der Waals surface area (Å²) in [7, 11) is 0. The summed E-state index contributed by atoms with van der Waals surface area (Å²) in [5.74, 6) is 0.751. The Kier molecular flexibility index (Phi) is 3.78. The van der Waals surface area contributed by atoms with Crippen molar-refractivity contribution in [1.82, 2.24) is 9.55 Å². The van der Waals surface area contributed by atoms with Crippen LogP contribution in [-0.2, 0) is 17.2 Å². The minimum absolute atomic E-state index is 0.197. The van der Waals surface area contributed by atoms with Gasteiger partial charge >= 0.3 is 0 Å². The largest absolute Gasteiger partial charge is 0.376 e. The van der Waals surface area contributed by atoms with Crippen LogP contribution in [0, 0.1) is 5.82 Å². The van der Waals surface area contributed by atoms with Crippen LogP contribution >= 0.6 is 27.5 Å². The van der Waals surface area contributed by atoms with Crippen LogP contribution in [0.1, 0.15) is 18.7 Å². The van der Waals surface area contributed by atoms with Crippen molar-refractivity contribution >= 4 is 38.6 Å². The van der Waals surface area contributed by atoms with Gasteiger partial charge < -0.3 is 9.30 Å². The molecule has 0 N–H and O–H groups in total. The van der Waals surface area contributed by atoms with E-state index in [-0.39, 0.29) is 11.9 Å². The third kappa shape index (κ3) is 2.51. The first kappa shape index (κ1) is 13.3. The number of hydrogen-bond acceptors (Lipinski definition) is 2. The molecule has 6 heteroatoms. The third-order valence-corrected chi connectivity index (χ3v) is 4.25. The van der Waals surface area contributed by atoms with E-state index in [0.29, 0.717) is 15.9 Å². The van der Waals surface area contributed by atoms with Crippen molar-refractivity contribution in [2.45, 2.75) is 31.4 Å². The van der Waals surface area contributed by atoms with Crippen molar-refractivity contribution in [3.8, 4) is 0 Å². The molecule has 1 aliphatic heterocycles. The predicted molar refractivity (Wildman–Crippen MR) is 75.9 cm³/mol. The van der Waals surface area contributed by atoms with Crippen molar-refractivity contribution in [1.29, 1.82) is 0 Å². The Morgan fingerprint density at radius 1 is 1.53 bits per heavy atom. The number of halogens is 3. The molecule has 102 valence electrons. The van der Waals surface area contributed by atoms with Gasteiger partial charge in [0.25, 0.3) is 0 Å². The van der Waals surface area contributed by atoms with Crippen molar-refractivity contribution in [2.75, 3.05) is 6.61 Å². The normalized spacial score (nSPS) is 19.4. The van der Waals surface area contributed by atoms with Crippen LogP contribution in [0.5, 0.6) is 0 Å². The summed E-state index contributed by atoms with van der Waals surface area (Å²) in [5.41, 5.74) is 1.52. The minimum Gasteiger partial charge on any atom is -0.376 e. The van der Waals surface area contributed by atoms with Crippen LogP contribution in [0.25, 0.3) is 11.0 Å². The maximum atomic E-state index is 13.5. The first-order chi connectivity index (χ1) is 9.19. The van der Waals surface area contributed by atoms with E-state index < -0.39 is 0 Å². The molecule has 1 aromatic heterocycles. The first-order valence-corrected chi connectivity index (χ1v) is 7.53. The highest BCUT2D eigenvalue weighted by Gasteiger charge is 2.20. The molecule has 1 atom stereocenters. The number of benzene rings is 1. The molecule has 0 saturated carbocycles. The van der Waals surface area contributed by atoms with Crippen LogP contribution in [0.3, 0.4) is 0 Å². The van der Waals surface area contributed by atoms with Gasteiger partial charge in [-0.25, -0.2) is 9.37 Å². The van der Waals surface area contributed by atoms with Gasteiger partial charge in [0.15, 0.2) is 0 Å². The average Bonchev–Trinajstić information content (AvgIpc) is 3.00. The van der Waals surface area contributed by atoms with E-state index in [1.165, 1.54) is 6.07 Å². The second-order valence-electron chi connectivity index (χ2n) is 4.66. The van der Waals surface area contributed by atoms with E-state index >= 15 is 0 Å². The summed E-state index contributed by atoms with van der Waals surface area (Å²) in [6, 6.07) is 3.18. The average molecular weight is 348 g/mol. The molecule has 2 aromatic rings. The fourth-order valence-electron chi connectivity index (χ4n) is 2.47. The van der Waals surface area contributed by atoms with Crippen LogP contribution in [-0.4, -0.2) is 22.3 Å². The number of imidazole rings is 1. The Morgan fingerprint density at radius 2 is 2.37 bits per heavy atom. The number of fused-ring (bicyclic) bond motifs is 1. The maximum absolute atomic E-state index is 13.5. The molecule has 1 aromatic carbocycles. The zero-order chi connectivity index (χ0) is 13.4. The third-order valence-electron chi connectivity index (χ3n) is 3.40. The summed E-state index contributed by atoms with van der Waals surface area (Å²) in [5, 5.41) is 0. The molecule has 0 radical (unpaired) electrons. The minimum atomic E-state index is -0.310. The summed E-state index contributed by atoms with van der Waals surface area (Å²) in [6.45, 7) is 1.53.